The summed E-state index contributed by atoms with van der Waals surface area (Å²) in [4.78, 5) is 26.7. The van der Waals surface area contributed by atoms with E-state index in [9.17, 15) is 35.9 Å². The van der Waals surface area contributed by atoms with Gasteiger partial charge in [0.25, 0.3) is 5.91 Å². The molecule has 1 aliphatic rings. The fourth-order valence-electron chi connectivity index (χ4n) is 3.72. The van der Waals surface area contributed by atoms with E-state index in [-0.39, 0.29) is 50.7 Å². The summed E-state index contributed by atoms with van der Waals surface area (Å²) < 4.78 is 78.1. The molecule has 1 heterocycles. The van der Waals surface area contributed by atoms with Gasteiger partial charge in [-0.2, -0.15) is 53.3 Å². The zero-order valence-corrected chi connectivity index (χ0v) is 21.5. The maximum absolute atomic E-state index is 13.0. The van der Waals surface area contributed by atoms with E-state index >= 15 is 0 Å². The monoisotopic (exact) mass is 571 g/mol. The molecule has 1 aliphatic carbocycles. The van der Waals surface area contributed by atoms with Crippen molar-refractivity contribution in [2.75, 3.05) is 17.7 Å². The van der Waals surface area contributed by atoms with Crippen molar-refractivity contribution in [3.05, 3.63) is 53.3 Å². The number of urea groups is 1. The average Bonchev–Trinajstić information content (AvgIpc) is 2.79. The number of pyridine rings is 1. The summed E-state index contributed by atoms with van der Waals surface area (Å²) >= 11 is 0. The van der Waals surface area contributed by atoms with Crippen LogP contribution >= 0.6 is 27.0 Å². The van der Waals surface area contributed by atoms with Crippen LogP contribution in [-0.2, 0) is 12.4 Å². The Hall–Kier alpha value is -2.81. The van der Waals surface area contributed by atoms with Crippen molar-refractivity contribution in [3.63, 3.8) is 0 Å². The molecular formula is C22H27F6N5O2S2. The van der Waals surface area contributed by atoms with Crippen LogP contribution in [0.25, 0.3) is 0 Å². The minimum Gasteiger partial charge on any atom is -0.382 e. The van der Waals surface area contributed by atoms with Crippen LogP contribution in [0, 0.1) is 0 Å². The Balaban J connectivity index is 0.00000342. The molecule has 2 aromatic rings. The van der Waals surface area contributed by atoms with Crippen molar-refractivity contribution >= 4 is 50.3 Å². The molecule has 0 spiro atoms. The van der Waals surface area contributed by atoms with Gasteiger partial charge in [-0.25, -0.2) is 9.78 Å². The predicted octanol–water partition coefficient (Wildman–Crippen LogP) is 5.25. The largest absolute Gasteiger partial charge is 0.433 e. The quantitative estimate of drug-likeness (QED) is 0.369. The van der Waals surface area contributed by atoms with Crippen molar-refractivity contribution < 1.29 is 35.9 Å². The highest BCUT2D eigenvalue weighted by Gasteiger charge is 2.39. The lowest BCUT2D eigenvalue weighted by Gasteiger charge is -2.30. The first-order valence-corrected chi connectivity index (χ1v) is 10.7. The van der Waals surface area contributed by atoms with Gasteiger partial charge in [0, 0.05) is 36.1 Å². The SMILES string of the molecule is CNC(=O)Nc1cccc(C(=O)NC2CCC(Nc3cc(C(F)(F)F)nc(C(F)(F)F)c3)CC2)c1.S.S. The van der Waals surface area contributed by atoms with Crippen molar-refractivity contribution in [2.24, 2.45) is 0 Å². The van der Waals surface area contributed by atoms with E-state index in [2.05, 4.69) is 26.3 Å². The summed E-state index contributed by atoms with van der Waals surface area (Å²) in [6.07, 6.45) is -8.24. The molecule has 1 aromatic heterocycles. The molecule has 0 saturated heterocycles. The first-order valence-electron chi connectivity index (χ1n) is 10.7. The Morgan fingerprint density at radius 1 is 0.838 bits per heavy atom. The fourth-order valence-corrected chi connectivity index (χ4v) is 3.72. The summed E-state index contributed by atoms with van der Waals surface area (Å²) in [6, 6.07) is 6.42. The van der Waals surface area contributed by atoms with Crippen LogP contribution in [0.15, 0.2) is 36.4 Å². The van der Waals surface area contributed by atoms with Gasteiger partial charge in [-0.3, -0.25) is 4.79 Å². The van der Waals surface area contributed by atoms with Crippen LogP contribution in [0.1, 0.15) is 47.4 Å². The lowest BCUT2D eigenvalue weighted by molar-refractivity contribution is -0.150. The molecule has 0 radical (unpaired) electrons. The molecular weight excluding hydrogens is 544 g/mol. The van der Waals surface area contributed by atoms with Crippen LogP contribution in [0.2, 0.25) is 0 Å². The molecule has 0 unspecified atom stereocenters. The summed E-state index contributed by atoms with van der Waals surface area (Å²) in [5, 5.41) is 10.6. The number of amides is 3. The standard InChI is InChI=1S/C22H23F6N5O2.2H2S/c1-29-20(35)32-15-4-2-3-12(9-15)19(34)31-14-7-5-13(6-8-14)30-16-10-17(21(23,24)25)33-18(11-16)22(26,27)28;;/h2-4,9-11,13-14H,5-8H2,1H3,(H,30,33)(H,31,34)(H2,29,32,35);2*1H2. The Labute approximate surface area is 223 Å². The molecule has 1 fully saturated rings. The van der Waals surface area contributed by atoms with Gasteiger partial charge in [-0.15, -0.1) is 0 Å². The smallest absolute Gasteiger partial charge is 0.382 e. The van der Waals surface area contributed by atoms with Gasteiger partial charge in [0.2, 0.25) is 0 Å². The maximum atomic E-state index is 13.0. The second-order valence-electron chi connectivity index (χ2n) is 8.07. The van der Waals surface area contributed by atoms with Crippen LogP contribution in [0.5, 0.6) is 0 Å². The van der Waals surface area contributed by atoms with E-state index in [0.717, 1.165) is 0 Å². The van der Waals surface area contributed by atoms with E-state index in [1.165, 1.54) is 13.1 Å². The molecule has 1 aromatic carbocycles. The van der Waals surface area contributed by atoms with Crippen LogP contribution in [0.3, 0.4) is 0 Å². The summed E-state index contributed by atoms with van der Waals surface area (Å²) in [7, 11) is 1.45. The predicted molar refractivity (Wildman–Crippen MR) is 137 cm³/mol. The molecule has 1 saturated carbocycles. The fraction of sp³-hybridized carbons (Fsp3) is 0.409. The van der Waals surface area contributed by atoms with E-state index in [4.69, 9.17) is 0 Å². The van der Waals surface area contributed by atoms with Crippen molar-refractivity contribution in [2.45, 2.75) is 50.1 Å². The number of hydrogen-bond acceptors (Lipinski definition) is 4. The van der Waals surface area contributed by atoms with Crippen LogP contribution < -0.4 is 21.3 Å². The Bertz CT molecular complexity index is 1040. The van der Waals surface area contributed by atoms with E-state index in [1.54, 1.807) is 18.2 Å². The number of nitrogens with zero attached hydrogens (tertiary/aromatic N) is 1. The number of hydrogen-bond donors (Lipinski definition) is 4. The molecule has 0 aliphatic heterocycles. The molecule has 4 N–H and O–H groups in total. The second-order valence-corrected chi connectivity index (χ2v) is 8.07. The van der Waals surface area contributed by atoms with Crippen molar-refractivity contribution in [1.82, 2.24) is 15.6 Å². The third kappa shape index (κ3) is 9.22. The Kier molecular flexibility index (Phi) is 11.4. The molecule has 0 bridgehead atoms. The summed E-state index contributed by atoms with van der Waals surface area (Å²) in [5.41, 5.74) is -2.80. The number of carbonyl (C=O) groups is 2. The maximum Gasteiger partial charge on any atom is 0.433 e. The normalized spacial score (nSPS) is 17.5. The van der Waals surface area contributed by atoms with E-state index < -0.39 is 29.8 Å². The number of aromatic nitrogens is 1. The number of carbonyl (C=O) groups excluding carboxylic acids is 2. The van der Waals surface area contributed by atoms with Gasteiger partial charge in [0.1, 0.15) is 11.4 Å². The molecule has 7 nitrogen and oxygen atoms in total. The van der Waals surface area contributed by atoms with E-state index in [1.807, 2.05) is 0 Å². The second kappa shape index (κ2) is 13.1. The highest BCUT2D eigenvalue weighted by atomic mass is 32.1. The number of halogens is 6. The van der Waals surface area contributed by atoms with Gasteiger partial charge in [0.05, 0.1) is 0 Å². The average molecular weight is 572 g/mol. The van der Waals surface area contributed by atoms with E-state index in [0.29, 0.717) is 49.1 Å². The van der Waals surface area contributed by atoms with Crippen molar-refractivity contribution in [3.8, 4) is 0 Å². The number of alkyl halides is 6. The van der Waals surface area contributed by atoms with Gasteiger partial charge < -0.3 is 21.3 Å². The van der Waals surface area contributed by atoms with Gasteiger partial charge in [-0.05, 0) is 56.0 Å². The highest BCUT2D eigenvalue weighted by Crippen LogP contribution is 2.35. The first kappa shape index (κ1) is 32.2. The summed E-state index contributed by atoms with van der Waals surface area (Å²) in [6.45, 7) is 0. The molecule has 206 valence electrons. The van der Waals surface area contributed by atoms with Crippen LogP contribution in [-0.4, -0.2) is 36.1 Å². The van der Waals surface area contributed by atoms with Gasteiger partial charge in [-0.1, -0.05) is 6.07 Å². The minimum atomic E-state index is -5.02. The molecule has 3 amide bonds. The third-order valence-corrected chi connectivity index (χ3v) is 5.45. The van der Waals surface area contributed by atoms with Crippen molar-refractivity contribution in [1.29, 1.82) is 0 Å². The molecule has 3 rings (SSSR count). The third-order valence-electron chi connectivity index (χ3n) is 5.45. The number of anilines is 2. The highest BCUT2D eigenvalue weighted by molar-refractivity contribution is 7.59. The lowest BCUT2D eigenvalue weighted by Crippen LogP contribution is -2.40. The van der Waals surface area contributed by atoms with Gasteiger partial charge >= 0.3 is 18.4 Å². The lowest BCUT2D eigenvalue weighted by atomic mass is 9.90. The first-order chi connectivity index (χ1) is 16.3. The van der Waals surface area contributed by atoms with Gasteiger partial charge in [0.15, 0.2) is 0 Å². The Morgan fingerprint density at radius 3 is 1.89 bits per heavy atom. The zero-order valence-electron chi connectivity index (χ0n) is 19.5. The number of benzene rings is 1. The number of nitrogens with one attached hydrogen (secondary N) is 4. The zero-order chi connectivity index (χ0) is 25.8. The Morgan fingerprint density at radius 2 is 1.38 bits per heavy atom. The minimum absolute atomic E-state index is 0. The molecule has 0 atom stereocenters. The topological polar surface area (TPSA) is 95.2 Å². The molecule has 37 heavy (non-hydrogen) atoms. The molecule has 15 heteroatoms. The number of rotatable bonds is 5. The van der Waals surface area contributed by atoms with Crippen LogP contribution in [0.4, 0.5) is 42.5 Å². The summed E-state index contributed by atoms with van der Waals surface area (Å²) in [5.74, 6) is -0.360.